The number of esters is 1. The molecule has 0 aromatic carbocycles. The van der Waals surface area contributed by atoms with Crippen LogP contribution in [0, 0.1) is 17.8 Å². The molecule has 152 valence electrons. The summed E-state index contributed by atoms with van der Waals surface area (Å²) < 4.78 is 5.57. The van der Waals surface area contributed by atoms with Gasteiger partial charge >= 0.3 is 5.97 Å². The SMILES string of the molecule is CCN(CC)CC#CC(C)OC(=O)C(O)(c1cccs1)C1CCCCC1.Cl. The molecule has 0 amide bonds. The molecule has 2 rings (SSSR count). The van der Waals surface area contributed by atoms with E-state index in [0.29, 0.717) is 11.4 Å². The zero-order valence-corrected chi connectivity index (χ0v) is 18.2. The van der Waals surface area contributed by atoms with Gasteiger partial charge < -0.3 is 9.84 Å². The monoisotopic (exact) mass is 413 g/mol. The predicted molar refractivity (Wildman–Crippen MR) is 113 cm³/mol. The molecular weight excluding hydrogens is 382 g/mol. The Morgan fingerprint density at radius 1 is 1.37 bits per heavy atom. The lowest BCUT2D eigenvalue weighted by Crippen LogP contribution is -2.45. The Balaban J connectivity index is 0.00000364. The van der Waals surface area contributed by atoms with Gasteiger partial charge in [0.25, 0.3) is 0 Å². The number of halogens is 1. The van der Waals surface area contributed by atoms with Crippen molar-refractivity contribution in [2.24, 2.45) is 5.92 Å². The molecule has 1 aromatic rings. The molecule has 1 aliphatic rings. The molecule has 1 N–H and O–H groups in total. The van der Waals surface area contributed by atoms with Crippen LogP contribution in [0.15, 0.2) is 17.5 Å². The van der Waals surface area contributed by atoms with Crippen molar-refractivity contribution in [1.82, 2.24) is 4.90 Å². The fraction of sp³-hybridized carbons (Fsp3) is 0.667. The summed E-state index contributed by atoms with van der Waals surface area (Å²) in [7, 11) is 0. The first kappa shape index (κ1) is 24.0. The molecular formula is C21H32ClNO3S. The van der Waals surface area contributed by atoms with Gasteiger partial charge in [-0.05, 0) is 44.3 Å². The summed E-state index contributed by atoms with van der Waals surface area (Å²) in [6.07, 6.45) is 4.43. The Bertz CT molecular complexity index is 615. The number of ether oxygens (including phenoxy) is 1. The number of thiophene rings is 1. The fourth-order valence-corrected chi connectivity index (χ4v) is 4.40. The average molecular weight is 414 g/mol. The van der Waals surface area contributed by atoms with Crippen molar-refractivity contribution in [2.45, 2.75) is 64.6 Å². The Morgan fingerprint density at radius 3 is 2.59 bits per heavy atom. The number of nitrogens with zero attached hydrogens (tertiary/aromatic N) is 1. The molecule has 1 heterocycles. The van der Waals surface area contributed by atoms with Gasteiger partial charge in [0.1, 0.15) is 0 Å². The van der Waals surface area contributed by atoms with E-state index in [9.17, 15) is 9.90 Å². The van der Waals surface area contributed by atoms with Gasteiger partial charge in [-0.2, -0.15) is 0 Å². The molecule has 0 spiro atoms. The Labute approximate surface area is 173 Å². The Morgan fingerprint density at radius 2 is 2.04 bits per heavy atom. The third kappa shape index (κ3) is 6.22. The molecule has 0 radical (unpaired) electrons. The van der Waals surface area contributed by atoms with Crippen LogP contribution in [-0.4, -0.2) is 41.7 Å². The summed E-state index contributed by atoms with van der Waals surface area (Å²) in [4.78, 5) is 15.8. The first-order chi connectivity index (χ1) is 12.5. The lowest BCUT2D eigenvalue weighted by atomic mass is 9.76. The zero-order chi connectivity index (χ0) is 19.0. The van der Waals surface area contributed by atoms with Crippen LogP contribution in [0.2, 0.25) is 0 Å². The number of hydrogen-bond donors (Lipinski definition) is 1. The van der Waals surface area contributed by atoms with Crippen molar-refractivity contribution in [3.63, 3.8) is 0 Å². The number of rotatable bonds is 7. The summed E-state index contributed by atoms with van der Waals surface area (Å²) in [6, 6.07) is 3.70. The van der Waals surface area contributed by atoms with Crippen LogP contribution in [0.3, 0.4) is 0 Å². The molecule has 1 aliphatic carbocycles. The third-order valence-corrected chi connectivity index (χ3v) is 6.18. The van der Waals surface area contributed by atoms with Crippen molar-refractivity contribution in [3.05, 3.63) is 22.4 Å². The molecule has 1 aromatic heterocycles. The lowest BCUT2D eigenvalue weighted by molar-refractivity contribution is -0.177. The maximum absolute atomic E-state index is 12.9. The highest BCUT2D eigenvalue weighted by Gasteiger charge is 2.48. The quantitative estimate of drug-likeness (QED) is 0.537. The van der Waals surface area contributed by atoms with Crippen molar-refractivity contribution in [2.75, 3.05) is 19.6 Å². The standard InChI is InChI=1S/C21H31NO3S.ClH/c1-4-22(5-2)15-9-11-17(3)25-20(23)21(24,19-14-10-16-26-19)18-12-7-6-8-13-18;/h10,14,16-18,24H,4-8,12-13,15H2,1-3H3;1H. The fourth-order valence-electron chi connectivity index (χ4n) is 3.51. The zero-order valence-electron chi connectivity index (χ0n) is 16.6. The minimum absolute atomic E-state index is 0. The van der Waals surface area contributed by atoms with E-state index in [1.54, 1.807) is 6.92 Å². The van der Waals surface area contributed by atoms with E-state index in [4.69, 9.17) is 4.74 Å². The van der Waals surface area contributed by atoms with Gasteiger partial charge in [-0.3, -0.25) is 4.90 Å². The number of carbonyl (C=O) groups excluding carboxylic acids is 1. The van der Waals surface area contributed by atoms with Gasteiger partial charge in [0, 0.05) is 10.8 Å². The van der Waals surface area contributed by atoms with E-state index in [1.165, 1.54) is 17.8 Å². The van der Waals surface area contributed by atoms with Crippen molar-refractivity contribution >= 4 is 29.7 Å². The molecule has 27 heavy (non-hydrogen) atoms. The van der Waals surface area contributed by atoms with Gasteiger partial charge in [0.05, 0.1) is 6.54 Å². The van der Waals surface area contributed by atoms with Crippen LogP contribution in [-0.2, 0) is 15.1 Å². The van der Waals surface area contributed by atoms with Crippen molar-refractivity contribution in [1.29, 1.82) is 0 Å². The van der Waals surface area contributed by atoms with Crippen LogP contribution in [0.5, 0.6) is 0 Å². The average Bonchev–Trinajstić information content (AvgIpc) is 3.20. The van der Waals surface area contributed by atoms with Crippen LogP contribution in [0.25, 0.3) is 0 Å². The summed E-state index contributed by atoms with van der Waals surface area (Å²) in [5, 5.41) is 13.3. The Hall–Kier alpha value is -1.06. The summed E-state index contributed by atoms with van der Waals surface area (Å²) in [5.74, 6) is 5.42. The highest BCUT2D eigenvalue weighted by Crippen LogP contribution is 2.42. The molecule has 1 saturated carbocycles. The normalized spacial score (nSPS) is 18.0. The van der Waals surface area contributed by atoms with Crippen molar-refractivity contribution < 1.29 is 14.6 Å². The van der Waals surface area contributed by atoms with E-state index >= 15 is 0 Å². The molecule has 0 bridgehead atoms. The first-order valence-corrected chi connectivity index (χ1v) is 10.6. The molecule has 4 nitrogen and oxygen atoms in total. The second-order valence-corrected chi connectivity index (χ2v) is 7.86. The van der Waals surface area contributed by atoms with E-state index in [0.717, 1.165) is 38.8 Å². The van der Waals surface area contributed by atoms with Crippen LogP contribution in [0.4, 0.5) is 0 Å². The predicted octanol–water partition coefficient (Wildman–Crippen LogP) is 4.21. The maximum atomic E-state index is 12.9. The maximum Gasteiger partial charge on any atom is 0.345 e. The number of carbonyl (C=O) groups is 1. The van der Waals surface area contributed by atoms with E-state index in [2.05, 4.69) is 30.6 Å². The molecule has 2 atom stereocenters. The molecule has 0 saturated heterocycles. The van der Waals surface area contributed by atoms with Crippen LogP contribution >= 0.6 is 23.7 Å². The van der Waals surface area contributed by atoms with Gasteiger partial charge in [0.15, 0.2) is 11.7 Å². The molecule has 6 heteroatoms. The van der Waals surface area contributed by atoms with Crippen LogP contribution in [0.1, 0.15) is 57.8 Å². The Kier molecular flexibility index (Phi) is 10.4. The lowest BCUT2D eigenvalue weighted by Gasteiger charge is -2.36. The minimum Gasteiger partial charge on any atom is -0.447 e. The largest absolute Gasteiger partial charge is 0.447 e. The van der Waals surface area contributed by atoms with E-state index in [1.807, 2.05) is 17.5 Å². The molecule has 2 unspecified atom stereocenters. The minimum atomic E-state index is -1.55. The van der Waals surface area contributed by atoms with Gasteiger partial charge in [-0.25, -0.2) is 4.79 Å². The number of aliphatic hydroxyl groups is 1. The summed E-state index contributed by atoms with van der Waals surface area (Å²) in [5.41, 5.74) is -1.55. The highest BCUT2D eigenvalue weighted by atomic mass is 35.5. The molecule has 0 aliphatic heterocycles. The topological polar surface area (TPSA) is 49.8 Å². The van der Waals surface area contributed by atoms with E-state index in [-0.39, 0.29) is 18.3 Å². The highest BCUT2D eigenvalue weighted by molar-refractivity contribution is 7.10. The summed E-state index contributed by atoms with van der Waals surface area (Å²) in [6.45, 7) is 8.51. The van der Waals surface area contributed by atoms with Gasteiger partial charge in [0.2, 0.25) is 0 Å². The van der Waals surface area contributed by atoms with Crippen LogP contribution < -0.4 is 0 Å². The number of hydrogen-bond acceptors (Lipinski definition) is 5. The van der Waals surface area contributed by atoms with Gasteiger partial charge in [-0.1, -0.05) is 51.0 Å². The third-order valence-electron chi connectivity index (χ3n) is 5.19. The smallest absolute Gasteiger partial charge is 0.345 e. The summed E-state index contributed by atoms with van der Waals surface area (Å²) >= 11 is 1.41. The van der Waals surface area contributed by atoms with E-state index < -0.39 is 17.7 Å². The molecule has 1 fully saturated rings. The van der Waals surface area contributed by atoms with Gasteiger partial charge in [-0.15, -0.1) is 23.7 Å². The second-order valence-electron chi connectivity index (χ2n) is 6.91. The van der Waals surface area contributed by atoms with Crippen molar-refractivity contribution in [3.8, 4) is 11.8 Å². The second kappa shape index (κ2) is 11.7. The first-order valence-electron chi connectivity index (χ1n) is 9.70.